The predicted molar refractivity (Wildman–Crippen MR) is 42.5 cm³/mol. The Morgan fingerprint density at radius 1 is 1.07 bits per heavy atom. The molecule has 2 bridgehead atoms. The molecule has 1 nitrogen and oxygen atoms in total. The van der Waals surface area contributed by atoms with Gasteiger partial charge >= 0.3 is 0 Å². The van der Waals surface area contributed by atoms with E-state index in [1.165, 1.54) is 0 Å². The molecular formula is C11H10F2O. The van der Waals surface area contributed by atoms with Crippen LogP contribution in [0, 0.1) is 47.3 Å². The van der Waals surface area contributed by atoms with Gasteiger partial charge in [0.25, 0.3) is 5.92 Å². The maximum absolute atomic E-state index is 13.9. The summed E-state index contributed by atoms with van der Waals surface area (Å²) in [4.78, 5) is 11.9. The van der Waals surface area contributed by atoms with Crippen molar-refractivity contribution in [1.82, 2.24) is 0 Å². The molecule has 0 aromatic rings. The standard InChI is InChI=1S/C11H10F2O/c12-11(13)8-3-1-2-4-5(3)9(11)7(4)10(14)6(2)8/h2-9H,1H2/t2-,3-,4+,5+,6-,7+,8-,9-/m1/s1. The highest BCUT2D eigenvalue weighted by molar-refractivity contribution is 5.91. The molecule has 0 aromatic carbocycles. The average molecular weight is 196 g/mol. The van der Waals surface area contributed by atoms with Gasteiger partial charge in [-0.25, -0.2) is 8.78 Å². The van der Waals surface area contributed by atoms with E-state index in [2.05, 4.69) is 0 Å². The molecule has 0 spiro atoms. The Morgan fingerprint density at radius 3 is 2.64 bits per heavy atom. The number of carbonyl (C=O) groups excluding carboxylic acids is 1. The van der Waals surface area contributed by atoms with Crippen LogP contribution in [0.1, 0.15) is 6.42 Å². The minimum absolute atomic E-state index is 0.214. The molecule has 5 rings (SSSR count). The van der Waals surface area contributed by atoms with Crippen LogP contribution in [0.2, 0.25) is 0 Å². The number of fused-ring (bicyclic) bond motifs is 2. The number of rotatable bonds is 0. The van der Waals surface area contributed by atoms with Crippen molar-refractivity contribution in [3.05, 3.63) is 0 Å². The Bertz CT molecular complexity index is 391. The molecule has 14 heavy (non-hydrogen) atoms. The van der Waals surface area contributed by atoms with E-state index in [1.54, 1.807) is 0 Å². The van der Waals surface area contributed by atoms with Crippen molar-refractivity contribution in [3.8, 4) is 0 Å². The highest BCUT2D eigenvalue weighted by atomic mass is 19.3. The molecule has 0 aromatic heterocycles. The molecule has 5 aliphatic rings. The Kier molecular flexibility index (Phi) is 0.732. The predicted octanol–water partition coefficient (Wildman–Crippen LogP) is 1.58. The van der Waals surface area contributed by atoms with E-state index < -0.39 is 17.8 Å². The summed E-state index contributed by atoms with van der Waals surface area (Å²) in [6.07, 6.45) is 0.943. The van der Waals surface area contributed by atoms with E-state index in [-0.39, 0.29) is 29.5 Å². The fourth-order valence-corrected chi connectivity index (χ4v) is 6.07. The molecule has 0 heterocycles. The van der Waals surface area contributed by atoms with E-state index >= 15 is 0 Å². The minimum atomic E-state index is -2.49. The zero-order valence-corrected chi connectivity index (χ0v) is 7.49. The maximum Gasteiger partial charge on any atom is 0.255 e. The van der Waals surface area contributed by atoms with Crippen LogP contribution in [0.25, 0.3) is 0 Å². The van der Waals surface area contributed by atoms with Gasteiger partial charge in [0.15, 0.2) is 0 Å². The largest absolute Gasteiger partial charge is 0.299 e. The third-order valence-corrected chi connectivity index (χ3v) is 6.05. The minimum Gasteiger partial charge on any atom is -0.299 e. The number of Topliss-reactive ketones (excluding diaryl/α,β-unsaturated/α-hetero) is 1. The van der Waals surface area contributed by atoms with Gasteiger partial charge in [-0.2, -0.15) is 0 Å². The average Bonchev–Trinajstić information content (AvgIpc) is 2.52. The number of alkyl halides is 2. The van der Waals surface area contributed by atoms with Crippen LogP contribution in [0.5, 0.6) is 0 Å². The number of hydrogen-bond donors (Lipinski definition) is 0. The fourth-order valence-electron chi connectivity index (χ4n) is 6.07. The smallest absolute Gasteiger partial charge is 0.255 e. The van der Waals surface area contributed by atoms with Crippen LogP contribution < -0.4 is 0 Å². The normalized spacial score (nSPS) is 73.4. The summed E-state index contributed by atoms with van der Waals surface area (Å²) in [6, 6.07) is 0. The lowest BCUT2D eigenvalue weighted by Gasteiger charge is -2.45. The first kappa shape index (κ1) is 6.91. The molecule has 74 valence electrons. The van der Waals surface area contributed by atoms with Crippen LogP contribution in [-0.4, -0.2) is 11.7 Å². The van der Waals surface area contributed by atoms with Crippen LogP contribution >= 0.6 is 0 Å². The number of ketones is 1. The Morgan fingerprint density at radius 2 is 1.86 bits per heavy atom. The summed E-state index contributed by atoms with van der Waals surface area (Å²) in [5.74, 6) is -2.54. The Hall–Kier alpha value is -0.470. The summed E-state index contributed by atoms with van der Waals surface area (Å²) >= 11 is 0. The zero-order chi connectivity index (χ0) is 9.40. The lowest BCUT2D eigenvalue weighted by molar-refractivity contribution is -0.174. The van der Waals surface area contributed by atoms with Gasteiger partial charge < -0.3 is 0 Å². The topological polar surface area (TPSA) is 17.1 Å². The molecule has 0 N–H and O–H groups in total. The second-order valence-electron chi connectivity index (χ2n) is 5.90. The van der Waals surface area contributed by atoms with E-state index in [9.17, 15) is 13.6 Å². The Labute approximate surface area is 79.9 Å². The summed E-state index contributed by atoms with van der Waals surface area (Å²) < 4.78 is 27.8. The first-order valence-corrected chi connectivity index (χ1v) is 5.55. The van der Waals surface area contributed by atoms with E-state index in [0.717, 1.165) is 6.42 Å². The summed E-state index contributed by atoms with van der Waals surface area (Å²) in [7, 11) is 0. The molecule has 5 aliphatic carbocycles. The van der Waals surface area contributed by atoms with E-state index in [4.69, 9.17) is 0 Å². The maximum atomic E-state index is 13.9. The highest BCUT2D eigenvalue weighted by Crippen LogP contribution is 2.85. The first-order valence-electron chi connectivity index (χ1n) is 5.55. The molecule has 0 saturated heterocycles. The second kappa shape index (κ2) is 1.48. The van der Waals surface area contributed by atoms with Gasteiger partial charge in [-0.1, -0.05) is 0 Å². The number of carbonyl (C=O) groups is 1. The van der Waals surface area contributed by atoms with Crippen molar-refractivity contribution in [1.29, 1.82) is 0 Å². The Balaban J connectivity index is 1.87. The molecule has 5 fully saturated rings. The van der Waals surface area contributed by atoms with Gasteiger partial charge in [0, 0.05) is 23.7 Å². The van der Waals surface area contributed by atoms with Crippen molar-refractivity contribution in [2.45, 2.75) is 12.3 Å². The fraction of sp³-hybridized carbons (Fsp3) is 0.909. The molecule has 5 saturated carbocycles. The summed E-state index contributed by atoms with van der Waals surface area (Å²) in [5.41, 5.74) is 0. The molecule has 0 aliphatic heterocycles. The van der Waals surface area contributed by atoms with Gasteiger partial charge in [0.2, 0.25) is 0 Å². The second-order valence-corrected chi connectivity index (χ2v) is 5.90. The first-order chi connectivity index (χ1) is 6.64. The monoisotopic (exact) mass is 196 g/mol. The summed E-state index contributed by atoms with van der Waals surface area (Å²) in [6.45, 7) is 0. The lowest BCUT2D eigenvalue weighted by Crippen LogP contribution is -2.53. The van der Waals surface area contributed by atoms with Crippen LogP contribution in [0.3, 0.4) is 0 Å². The summed E-state index contributed by atoms with van der Waals surface area (Å²) in [5, 5.41) is 0. The van der Waals surface area contributed by atoms with Gasteiger partial charge in [0.05, 0.1) is 0 Å². The highest BCUT2D eigenvalue weighted by Gasteiger charge is 2.89. The van der Waals surface area contributed by atoms with Crippen molar-refractivity contribution in [2.24, 2.45) is 47.3 Å². The molecular weight excluding hydrogens is 186 g/mol. The van der Waals surface area contributed by atoms with E-state index in [1.807, 2.05) is 0 Å². The van der Waals surface area contributed by atoms with Crippen molar-refractivity contribution in [3.63, 3.8) is 0 Å². The molecule has 3 heteroatoms. The lowest BCUT2D eigenvalue weighted by atomic mass is 9.59. The molecule has 8 atom stereocenters. The van der Waals surface area contributed by atoms with Crippen molar-refractivity contribution >= 4 is 5.78 Å². The van der Waals surface area contributed by atoms with Crippen LogP contribution in [0.15, 0.2) is 0 Å². The number of hydrogen-bond acceptors (Lipinski definition) is 1. The van der Waals surface area contributed by atoms with Crippen LogP contribution in [-0.2, 0) is 4.79 Å². The van der Waals surface area contributed by atoms with E-state index in [0.29, 0.717) is 11.8 Å². The SMILES string of the molecule is O=C1[C@@H]2[C@@H]3C[C@@H]4[C@H]5[C@H]3[C@H]1[C@@H]5C(F)(F)[C@H]42. The molecule has 0 radical (unpaired) electrons. The third kappa shape index (κ3) is 0.361. The van der Waals surface area contributed by atoms with Gasteiger partial charge in [-0.05, 0) is 30.1 Å². The van der Waals surface area contributed by atoms with Crippen molar-refractivity contribution in [2.75, 3.05) is 0 Å². The van der Waals surface area contributed by atoms with Crippen molar-refractivity contribution < 1.29 is 13.6 Å². The van der Waals surface area contributed by atoms with Crippen LogP contribution in [0.4, 0.5) is 8.78 Å². The van der Waals surface area contributed by atoms with Gasteiger partial charge in [-0.3, -0.25) is 4.79 Å². The molecule has 0 unspecified atom stereocenters. The third-order valence-electron chi connectivity index (χ3n) is 6.05. The zero-order valence-electron chi connectivity index (χ0n) is 7.49. The van der Waals surface area contributed by atoms with Gasteiger partial charge in [0.1, 0.15) is 5.78 Å². The number of halogens is 2. The molecule has 0 amide bonds. The van der Waals surface area contributed by atoms with Gasteiger partial charge in [-0.15, -0.1) is 0 Å². The quantitative estimate of drug-likeness (QED) is 0.575.